The second kappa shape index (κ2) is 8.65. The van der Waals surface area contributed by atoms with E-state index in [2.05, 4.69) is 26.1 Å². The van der Waals surface area contributed by atoms with Gasteiger partial charge in [0.05, 0.1) is 12.0 Å². The molecule has 3 aromatic rings. The Morgan fingerprint density at radius 2 is 1.90 bits per heavy atom. The Morgan fingerprint density at radius 3 is 2.60 bits per heavy atom. The van der Waals surface area contributed by atoms with E-state index in [0.29, 0.717) is 31.3 Å². The van der Waals surface area contributed by atoms with Crippen molar-refractivity contribution in [1.82, 2.24) is 20.1 Å². The lowest BCUT2D eigenvalue weighted by Crippen LogP contribution is -2.49. The van der Waals surface area contributed by atoms with Gasteiger partial charge in [-0.15, -0.1) is 10.2 Å². The van der Waals surface area contributed by atoms with Gasteiger partial charge in [0.15, 0.2) is 0 Å². The predicted molar refractivity (Wildman–Crippen MR) is 115 cm³/mol. The number of rotatable bonds is 5. The van der Waals surface area contributed by atoms with E-state index in [1.165, 1.54) is 5.56 Å². The molecule has 0 aliphatic carbocycles. The average molecular weight is 406 g/mol. The molecule has 1 aromatic carbocycles. The lowest BCUT2D eigenvalue weighted by atomic mass is 10.1. The van der Waals surface area contributed by atoms with Crippen LogP contribution in [-0.4, -0.2) is 52.2 Å². The van der Waals surface area contributed by atoms with Gasteiger partial charge in [-0.2, -0.15) is 0 Å². The van der Waals surface area contributed by atoms with Gasteiger partial charge in [0.2, 0.25) is 11.8 Å². The highest BCUT2D eigenvalue weighted by Gasteiger charge is 2.25. The summed E-state index contributed by atoms with van der Waals surface area (Å²) in [7, 11) is 0. The molecular formula is C23H27N5O2. The van der Waals surface area contributed by atoms with Gasteiger partial charge in [0.1, 0.15) is 5.82 Å². The number of hydrogen-bond acceptors (Lipinski definition) is 6. The molecule has 0 spiro atoms. The summed E-state index contributed by atoms with van der Waals surface area (Å²) in [4.78, 5) is 21.4. The van der Waals surface area contributed by atoms with E-state index in [0.717, 1.165) is 30.0 Å². The number of aromatic nitrogens is 3. The Hall–Kier alpha value is -3.22. The Kier molecular flexibility index (Phi) is 5.79. The van der Waals surface area contributed by atoms with Crippen molar-refractivity contribution in [2.45, 2.75) is 33.1 Å². The predicted octanol–water partition coefficient (Wildman–Crippen LogP) is 3.45. The minimum atomic E-state index is 0.167. The molecule has 0 unspecified atom stereocenters. The topological polar surface area (TPSA) is 75.4 Å². The van der Waals surface area contributed by atoms with Crippen LogP contribution in [0, 0.1) is 6.92 Å². The fourth-order valence-corrected chi connectivity index (χ4v) is 3.67. The zero-order valence-corrected chi connectivity index (χ0v) is 17.7. The van der Waals surface area contributed by atoms with Gasteiger partial charge in [-0.25, -0.2) is 4.98 Å². The van der Waals surface area contributed by atoms with Crippen molar-refractivity contribution < 1.29 is 9.21 Å². The van der Waals surface area contributed by atoms with Crippen LogP contribution < -0.4 is 4.90 Å². The average Bonchev–Trinajstić information content (AvgIpc) is 3.24. The maximum absolute atomic E-state index is 12.7. The zero-order valence-electron chi connectivity index (χ0n) is 17.7. The van der Waals surface area contributed by atoms with Crippen molar-refractivity contribution in [1.29, 1.82) is 0 Å². The van der Waals surface area contributed by atoms with Crippen molar-refractivity contribution in [2.75, 3.05) is 31.1 Å². The first-order chi connectivity index (χ1) is 14.5. The van der Waals surface area contributed by atoms with Gasteiger partial charge in [0.25, 0.3) is 5.89 Å². The number of piperazine rings is 1. The first-order valence-corrected chi connectivity index (χ1v) is 10.4. The van der Waals surface area contributed by atoms with Gasteiger partial charge in [-0.3, -0.25) is 4.79 Å². The normalized spacial score (nSPS) is 14.4. The lowest BCUT2D eigenvalue weighted by molar-refractivity contribution is -0.130. The molecule has 4 rings (SSSR count). The largest absolute Gasteiger partial charge is 0.420 e. The Balaban J connectivity index is 1.43. The highest BCUT2D eigenvalue weighted by atomic mass is 16.4. The van der Waals surface area contributed by atoms with Crippen molar-refractivity contribution in [3.8, 4) is 11.5 Å². The molecule has 2 aromatic heterocycles. The SMILES string of the molecule is Cc1cccc(CC(=O)N2CCN(c3ncccc3-c3nnc(C(C)C)o3)CC2)c1. The third-order valence-electron chi connectivity index (χ3n) is 5.32. The monoisotopic (exact) mass is 405 g/mol. The van der Waals surface area contributed by atoms with E-state index >= 15 is 0 Å². The summed E-state index contributed by atoms with van der Waals surface area (Å²) in [5.41, 5.74) is 3.07. The molecule has 156 valence electrons. The van der Waals surface area contributed by atoms with E-state index in [-0.39, 0.29) is 11.8 Å². The fraction of sp³-hybridized carbons (Fsp3) is 0.391. The number of nitrogens with zero attached hydrogens (tertiary/aromatic N) is 5. The van der Waals surface area contributed by atoms with Crippen molar-refractivity contribution in [3.63, 3.8) is 0 Å². The molecule has 7 nitrogen and oxygen atoms in total. The van der Waals surface area contributed by atoms with Gasteiger partial charge in [-0.05, 0) is 24.6 Å². The first-order valence-electron chi connectivity index (χ1n) is 10.4. The second-order valence-electron chi connectivity index (χ2n) is 8.01. The number of benzene rings is 1. The van der Waals surface area contributed by atoms with Gasteiger partial charge in [-0.1, -0.05) is 43.7 Å². The number of carbonyl (C=O) groups excluding carboxylic acids is 1. The number of amides is 1. The van der Waals surface area contributed by atoms with Crippen molar-refractivity contribution in [2.24, 2.45) is 0 Å². The first kappa shape index (κ1) is 20.1. The summed E-state index contributed by atoms with van der Waals surface area (Å²) in [5, 5.41) is 8.36. The van der Waals surface area contributed by atoms with Crippen LogP contribution in [0.4, 0.5) is 5.82 Å². The molecule has 1 fully saturated rings. The third kappa shape index (κ3) is 4.35. The van der Waals surface area contributed by atoms with Crippen LogP contribution in [0.25, 0.3) is 11.5 Å². The standard InChI is InChI=1S/C23H27N5O2/c1-16(2)22-25-26-23(30-22)19-8-5-9-24-21(19)28-12-10-27(11-13-28)20(29)15-18-7-4-6-17(3)14-18/h4-9,14,16H,10-13,15H2,1-3H3. The highest BCUT2D eigenvalue weighted by Crippen LogP contribution is 2.29. The van der Waals surface area contributed by atoms with E-state index in [1.807, 2.05) is 56.0 Å². The molecule has 1 saturated heterocycles. The minimum Gasteiger partial charge on any atom is -0.420 e. The van der Waals surface area contributed by atoms with Crippen molar-refractivity contribution in [3.05, 3.63) is 59.6 Å². The molecule has 0 N–H and O–H groups in total. The molecule has 30 heavy (non-hydrogen) atoms. The number of carbonyl (C=O) groups is 1. The third-order valence-corrected chi connectivity index (χ3v) is 5.32. The van der Waals surface area contributed by atoms with E-state index in [9.17, 15) is 4.79 Å². The van der Waals surface area contributed by atoms with Crippen LogP contribution in [0.2, 0.25) is 0 Å². The molecular weight excluding hydrogens is 378 g/mol. The maximum Gasteiger partial charge on any atom is 0.251 e. The Labute approximate surface area is 176 Å². The summed E-state index contributed by atoms with van der Waals surface area (Å²) in [6.07, 6.45) is 2.21. The summed E-state index contributed by atoms with van der Waals surface area (Å²) in [5.74, 6) is 2.27. The molecule has 7 heteroatoms. The number of pyridine rings is 1. The Bertz CT molecular complexity index is 1020. The summed E-state index contributed by atoms with van der Waals surface area (Å²) < 4.78 is 5.84. The number of hydrogen-bond donors (Lipinski definition) is 0. The molecule has 0 saturated carbocycles. The zero-order chi connectivity index (χ0) is 21.1. The van der Waals surface area contributed by atoms with Crippen LogP contribution in [0.1, 0.15) is 36.8 Å². The molecule has 1 aliphatic heterocycles. The molecule has 1 aliphatic rings. The van der Waals surface area contributed by atoms with Crippen LogP contribution >= 0.6 is 0 Å². The molecule has 3 heterocycles. The Morgan fingerprint density at radius 1 is 1.10 bits per heavy atom. The number of aryl methyl sites for hydroxylation is 1. The summed E-state index contributed by atoms with van der Waals surface area (Å²) >= 11 is 0. The second-order valence-corrected chi connectivity index (χ2v) is 8.01. The van der Waals surface area contributed by atoms with Crippen LogP contribution in [0.5, 0.6) is 0 Å². The highest BCUT2D eigenvalue weighted by molar-refractivity contribution is 5.79. The van der Waals surface area contributed by atoms with Crippen LogP contribution in [0.15, 0.2) is 47.0 Å². The molecule has 1 amide bonds. The van der Waals surface area contributed by atoms with E-state index < -0.39 is 0 Å². The quantitative estimate of drug-likeness (QED) is 0.647. The summed E-state index contributed by atoms with van der Waals surface area (Å²) in [6, 6.07) is 12.0. The van der Waals surface area contributed by atoms with Crippen molar-refractivity contribution >= 4 is 11.7 Å². The molecule has 0 atom stereocenters. The fourth-order valence-electron chi connectivity index (χ4n) is 3.67. The van der Waals surface area contributed by atoms with E-state index in [1.54, 1.807) is 6.20 Å². The van der Waals surface area contributed by atoms with Gasteiger partial charge >= 0.3 is 0 Å². The van der Waals surface area contributed by atoms with Crippen LogP contribution in [-0.2, 0) is 11.2 Å². The maximum atomic E-state index is 12.7. The van der Waals surface area contributed by atoms with Crippen LogP contribution in [0.3, 0.4) is 0 Å². The van der Waals surface area contributed by atoms with Gasteiger partial charge in [0, 0.05) is 38.3 Å². The van der Waals surface area contributed by atoms with Gasteiger partial charge < -0.3 is 14.2 Å². The number of anilines is 1. The molecule has 0 radical (unpaired) electrons. The lowest BCUT2D eigenvalue weighted by Gasteiger charge is -2.36. The minimum absolute atomic E-state index is 0.167. The van der Waals surface area contributed by atoms with E-state index in [4.69, 9.17) is 4.42 Å². The smallest absolute Gasteiger partial charge is 0.251 e. The molecule has 0 bridgehead atoms. The summed E-state index contributed by atoms with van der Waals surface area (Å²) in [6.45, 7) is 8.86.